The molecule has 0 saturated carbocycles. The summed E-state index contributed by atoms with van der Waals surface area (Å²) in [4.78, 5) is 4.40. The lowest BCUT2D eigenvalue weighted by atomic mass is 10.2. The van der Waals surface area contributed by atoms with Gasteiger partial charge >= 0.3 is 0 Å². The molecule has 0 radical (unpaired) electrons. The van der Waals surface area contributed by atoms with Crippen LogP contribution in [0.2, 0.25) is 0 Å². The Morgan fingerprint density at radius 1 is 1.16 bits per heavy atom. The largest absolute Gasteiger partial charge is 0.446 e. The Labute approximate surface area is 160 Å². The van der Waals surface area contributed by atoms with E-state index < -0.39 is 0 Å². The summed E-state index contributed by atoms with van der Waals surface area (Å²) in [5, 5.41) is 9.43. The van der Waals surface area contributed by atoms with Crippen LogP contribution in [0.5, 0.6) is 0 Å². The summed E-state index contributed by atoms with van der Waals surface area (Å²) in [6.07, 6.45) is 0. The molecule has 6 nitrogen and oxygen atoms in total. The van der Waals surface area contributed by atoms with Gasteiger partial charge in [0.25, 0.3) is 0 Å². The number of furan rings is 1. The van der Waals surface area contributed by atoms with Crippen molar-refractivity contribution in [3.05, 3.63) is 58.5 Å². The summed E-state index contributed by atoms with van der Waals surface area (Å²) in [5.74, 6) is 2.10. The molecule has 1 aromatic carbocycles. The van der Waals surface area contributed by atoms with E-state index in [4.69, 9.17) is 4.42 Å². The van der Waals surface area contributed by atoms with E-state index >= 15 is 0 Å². The van der Waals surface area contributed by atoms with Gasteiger partial charge in [-0.15, -0.1) is 10.2 Å². The summed E-state index contributed by atoms with van der Waals surface area (Å²) >= 11 is 6.15. The van der Waals surface area contributed by atoms with Crippen LogP contribution in [-0.2, 0) is 6.54 Å². The minimum absolute atomic E-state index is 0.640. The van der Waals surface area contributed by atoms with Gasteiger partial charge in [0.05, 0.1) is 6.54 Å². The predicted octanol–water partition coefficient (Wildman–Crippen LogP) is 4.66. The first-order valence-electron chi connectivity index (χ1n) is 7.40. The summed E-state index contributed by atoms with van der Waals surface area (Å²) in [6, 6.07) is 13.9. The molecule has 9 heteroatoms. The molecule has 0 aliphatic rings. The van der Waals surface area contributed by atoms with Gasteiger partial charge in [0.2, 0.25) is 5.82 Å². The van der Waals surface area contributed by atoms with Gasteiger partial charge in [0, 0.05) is 0 Å². The van der Waals surface area contributed by atoms with Crippen LogP contribution < -0.4 is 0 Å². The van der Waals surface area contributed by atoms with E-state index in [0.29, 0.717) is 22.8 Å². The fourth-order valence-corrected chi connectivity index (χ4v) is 4.18. The van der Waals surface area contributed by atoms with Crippen LogP contribution in [-0.4, -0.2) is 24.1 Å². The highest BCUT2D eigenvalue weighted by atomic mass is 79.9. The standard InChI is InChI=1S/C16H12BrN5OS2/c1-10-18-16(25-21-10)24-15-20-19-14(12-7-8-13(17)23-12)22(15)9-11-5-3-2-4-6-11/h2-8H,9H2,1H3. The van der Waals surface area contributed by atoms with Crippen LogP contribution in [0.25, 0.3) is 11.6 Å². The van der Waals surface area contributed by atoms with Gasteiger partial charge in [0.1, 0.15) is 5.82 Å². The van der Waals surface area contributed by atoms with Crippen LogP contribution in [0.4, 0.5) is 0 Å². The molecule has 0 aliphatic carbocycles. The number of hydrogen-bond acceptors (Lipinski definition) is 7. The first-order valence-corrected chi connectivity index (χ1v) is 9.78. The lowest BCUT2D eigenvalue weighted by molar-refractivity contribution is 0.545. The first kappa shape index (κ1) is 16.5. The minimum Gasteiger partial charge on any atom is -0.446 e. The zero-order chi connectivity index (χ0) is 17.2. The van der Waals surface area contributed by atoms with Crippen molar-refractivity contribution in [1.82, 2.24) is 24.1 Å². The molecule has 0 saturated heterocycles. The predicted molar refractivity (Wildman–Crippen MR) is 99.7 cm³/mol. The molecule has 0 spiro atoms. The minimum atomic E-state index is 0.640. The Bertz CT molecular complexity index is 995. The Morgan fingerprint density at radius 3 is 2.68 bits per heavy atom. The van der Waals surface area contributed by atoms with E-state index in [1.807, 2.05) is 41.8 Å². The quantitative estimate of drug-likeness (QED) is 0.455. The van der Waals surface area contributed by atoms with Crippen molar-refractivity contribution in [2.24, 2.45) is 0 Å². The number of aryl methyl sites for hydroxylation is 1. The molecule has 3 aromatic heterocycles. The Kier molecular flexibility index (Phi) is 4.69. The van der Waals surface area contributed by atoms with E-state index in [0.717, 1.165) is 20.9 Å². The van der Waals surface area contributed by atoms with E-state index in [9.17, 15) is 0 Å². The molecule has 0 aliphatic heterocycles. The molecule has 25 heavy (non-hydrogen) atoms. The molecule has 0 amide bonds. The lowest BCUT2D eigenvalue weighted by Gasteiger charge is -2.08. The zero-order valence-electron chi connectivity index (χ0n) is 13.1. The number of aromatic nitrogens is 5. The zero-order valence-corrected chi connectivity index (χ0v) is 16.3. The number of hydrogen-bond donors (Lipinski definition) is 0. The fraction of sp³-hybridized carbons (Fsp3) is 0.125. The van der Waals surface area contributed by atoms with Gasteiger partial charge in [-0.3, -0.25) is 4.57 Å². The molecule has 0 N–H and O–H groups in total. The van der Waals surface area contributed by atoms with Crippen LogP contribution in [0.3, 0.4) is 0 Å². The van der Waals surface area contributed by atoms with Crippen molar-refractivity contribution < 1.29 is 4.42 Å². The highest BCUT2D eigenvalue weighted by molar-refractivity contribution is 9.10. The number of halogens is 1. The fourth-order valence-electron chi connectivity index (χ4n) is 2.29. The summed E-state index contributed by atoms with van der Waals surface area (Å²) in [6.45, 7) is 2.52. The second-order valence-electron chi connectivity index (χ2n) is 5.19. The molecule has 3 heterocycles. The average Bonchev–Trinajstić information content (AvgIpc) is 3.31. The highest BCUT2D eigenvalue weighted by Crippen LogP contribution is 2.32. The van der Waals surface area contributed by atoms with Crippen molar-refractivity contribution in [3.63, 3.8) is 0 Å². The van der Waals surface area contributed by atoms with E-state index in [-0.39, 0.29) is 0 Å². The van der Waals surface area contributed by atoms with Crippen LogP contribution in [0, 0.1) is 6.92 Å². The number of rotatable bonds is 5. The average molecular weight is 434 g/mol. The van der Waals surface area contributed by atoms with Gasteiger partial charge in [0.15, 0.2) is 19.9 Å². The van der Waals surface area contributed by atoms with Crippen molar-refractivity contribution in [2.45, 2.75) is 23.0 Å². The van der Waals surface area contributed by atoms with Crippen LogP contribution in [0.1, 0.15) is 11.4 Å². The maximum atomic E-state index is 5.67. The van der Waals surface area contributed by atoms with E-state index in [2.05, 4.69) is 47.6 Å². The third-order valence-corrected chi connectivity index (χ3v) is 5.63. The molecule has 0 unspecified atom stereocenters. The highest BCUT2D eigenvalue weighted by Gasteiger charge is 2.19. The number of benzene rings is 1. The maximum absolute atomic E-state index is 5.67. The van der Waals surface area contributed by atoms with Crippen molar-refractivity contribution in [2.75, 3.05) is 0 Å². The SMILES string of the molecule is Cc1nsc(Sc2nnc(-c3ccc(Br)o3)n2Cc2ccccc2)n1. The molecule has 4 aromatic rings. The van der Waals surface area contributed by atoms with E-state index in [1.165, 1.54) is 23.3 Å². The summed E-state index contributed by atoms with van der Waals surface area (Å²) < 4.78 is 13.4. The molecule has 126 valence electrons. The lowest BCUT2D eigenvalue weighted by Crippen LogP contribution is -2.03. The van der Waals surface area contributed by atoms with Gasteiger partial charge in [-0.05, 0) is 63.8 Å². The third kappa shape index (κ3) is 3.68. The molecular formula is C16H12BrN5OS2. The summed E-state index contributed by atoms with van der Waals surface area (Å²) in [7, 11) is 0. The second-order valence-corrected chi connectivity index (χ2v) is 7.94. The van der Waals surface area contributed by atoms with Gasteiger partial charge in [-0.25, -0.2) is 4.98 Å². The van der Waals surface area contributed by atoms with Gasteiger partial charge < -0.3 is 4.42 Å². The van der Waals surface area contributed by atoms with Crippen molar-refractivity contribution in [1.29, 1.82) is 0 Å². The van der Waals surface area contributed by atoms with Gasteiger partial charge in [-0.2, -0.15) is 4.37 Å². The van der Waals surface area contributed by atoms with Crippen LogP contribution >= 0.6 is 39.2 Å². The second kappa shape index (κ2) is 7.11. The molecule has 0 bridgehead atoms. The Balaban J connectivity index is 1.74. The van der Waals surface area contributed by atoms with Gasteiger partial charge in [-0.1, -0.05) is 30.3 Å². The van der Waals surface area contributed by atoms with Crippen molar-refractivity contribution >= 4 is 39.2 Å². The smallest absolute Gasteiger partial charge is 0.200 e. The Morgan fingerprint density at radius 2 is 2.00 bits per heavy atom. The monoisotopic (exact) mass is 433 g/mol. The Hall–Kier alpha value is -1.97. The summed E-state index contributed by atoms with van der Waals surface area (Å²) in [5.41, 5.74) is 1.16. The first-order chi connectivity index (χ1) is 12.2. The third-order valence-electron chi connectivity index (χ3n) is 3.38. The molecular weight excluding hydrogens is 422 g/mol. The number of nitrogens with zero attached hydrogens (tertiary/aromatic N) is 5. The normalized spacial score (nSPS) is 11.1. The van der Waals surface area contributed by atoms with Crippen LogP contribution in [0.15, 0.2) is 61.0 Å². The topological polar surface area (TPSA) is 69.6 Å². The molecule has 4 rings (SSSR count). The maximum Gasteiger partial charge on any atom is 0.200 e. The van der Waals surface area contributed by atoms with E-state index in [1.54, 1.807) is 0 Å². The molecule has 0 atom stereocenters. The van der Waals surface area contributed by atoms with Crippen molar-refractivity contribution in [3.8, 4) is 11.6 Å². The molecule has 0 fully saturated rings.